The van der Waals surface area contributed by atoms with Crippen LogP contribution in [0.15, 0.2) is 12.1 Å². The molecule has 1 aromatic carbocycles. The van der Waals surface area contributed by atoms with E-state index in [0.717, 1.165) is 30.4 Å². The van der Waals surface area contributed by atoms with Crippen LogP contribution in [0, 0.1) is 23.6 Å². The van der Waals surface area contributed by atoms with Gasteiger partial charge in [0, 0.05) is 0 Å². The van der Waals surface area contributed by atoms with Gasteiger partial charge in [0.05, 0.1) is 0 Å². The van der Waals surface area contributed by atoms with Crippen molar-refractivity contribution in [3.05, 3.63) is 29.1 Å². The van der Waals surface area contributed by atoms with Gasteiger partial charge < -0.3 is 4.74 Å². The summed E-state index contributed by atoms with van der Waals surface area (Å²) in [5.41, 5.74) is 1.27. The Labute approximate surface area is 140 Å². The summed E-state index contributed by atoms with van der Waals surface area (Å²) >= 11 is 0. The number of halogens is 4. The van der Waals surface area contributed by atoms with Gasteiger partial charge in [-0.2, -0.15) is 0 Å². The zero-order valence-electron chi connectivity index (χ0n) is 14.0. The highest BCUT2D eigenvalue weighted by molar-refractivity contribution is 5.39. The molecule has 5 heteroatoms. The molecule has 0 saturated heterocycles. The zero-order chi connectivity index (χ0) is 17.3. The highest BCUT2D eigenvalue weighted by Gasteiger charge is 2.35. The van der Waals surface area contributed by atoms with Gasteiger partial charge in [0.1, 0.15) is 0 Å². The van der Waals surface area contributed by atoms with E-state index >= 15 is 0 Å². The molecule has 1 atom stereocenters. The topological polar surface area (TPSA) is 9.23 Å². The van der Waals surface area contributed by atoms with Gasteiger partial charge in [0.2, 0.25) is 0 Å². The molecule has 0 radical (unpaired) electrons. The number of rotatable bonds is 3. The largest absolute Gasteiger partial charge is 0.573 e. The average molecular weight is 344 g/mol. The predicted octanol–water partition coefficient (Wildman–Crippen LogP) is 6.05. The van der Waals surface area contributed by atoms with E-state index in [1.54, 1.807) is 6.07 Å². The van der Waals surface area contributed by atoms with Gasteiger partial charge in [-0.1, -0.05) is 32.3 Å². The van der Waals surface area contributed by atoms with Crippen LogP contribution < -0.4 is 4.74 Å². The first-order valence-corrected chi connectivity index (χ1v) is 8.93. The molecular formula is C19H24F4O. The molecule has 0 heterocycles. The minimum atomic E-state index is -4.86. The molecule has 134 valence electrons. The maximum atomic E-state index is 14.3. The van der Waals surface area contributed by atoms with E-state index in [9.17, 15) is 17.6 Å². The molecule has 0 bridgehead atoms. The van der Waals surface area contributed by atoms with E-state index in [4.69, 9.17) is 0 Å². The minimum Gasteiger partial charge on any atom is -0.403 e. The third-order valence-corrected chi connectivity index (χ3v) is 5.91. The van der Waals surface area contributed by atoms with Gasteiger partial charge in [-0.3, -0.25) is 0 Å². The van der Waals surface area contributed by atoms with Crippen LogP contribution in [0.2, 0.25) is 0 Å². The highest BCUT2D eigenvalue weighted by atomic mass is 19.4. The Kier molecular flexibility index (Phi) is 5.07. The number of benzene rings is 1. The van der Waals surface area contributed by atoms with E-state index < -0.39 is 17.9 Å². The Hall–Kier alpha value is -1.26. The van der Waals surface area contributed by atoms with Crippen LogP contribution in [0.4, 0.5) is 17.6 Å². The summed E-state index contributed by atoms with van der Waals surface area (Å²) in [6.07, 6.45) is 3.55. The molecule has 1 fully saturated rings. The van der Waals surface area contributed by atoms with Crippen molar-refractivity contribution in [3.63, 3.8) is 0 Å². The Morgan fingerprint density at radius 2 is 1.75 bits per heavy atom. The van der Waals surface area contributed by atoms with Crippen LogP contribution in [-0.2, 0) is 12.8 Å². The lowest BCUT2D eigenvalue weighted by molar-refractivity contribution is -0.275. The summed E-state index contributed by atoms with van der Waals surface area (Å²) in [4.78, 5) is 0. The standard InChI is InChI=1S/C19H24F4O/c1-2-12-3-5-13(6-4-12)14-7-9-16-15(11-14)8-10-17(18(16)20)24-19(21,22)23/h8,10,12-14H,2-7,9,11H2,1H3. The molecule has 0 aliphatic heterocycles. The molecule has 0 aromatic heterocycles. The minimum absolute atomic E-state index is 0.412. The number of fused-ring (bicyclic) bond motifs is 1. The molecule has 1 saturated carbocycles. The number of alkyl halides is 3. The van der Waals surface area contributed by atoms with E-state index in [-0.39, 0.29) is 0 Å². The monoisotopic (exact) mass is 344 g/mol. The quantitative estimate of drug-likeness (QED) is 0.607. The van der Waals surface area contributed by atoms with Crippen molar-refractivity contribution in [3.8, 4) is 5.75 Å². The highest BCUT2D eigenvalue weighted by Crippen LogP contribution is 2.42. The maximum absolute atomic E-state index is 14.3. The molecule has 2 aliphatic carbocycles. The smallest absolute Gasteiger partial charge is 0.403 e. The molecule has 2 aliphatic rings. The fourth-order valence-corrected chi connectivity index (χ4v) is 4.49. The van der Waals surface area contributed by atoms with Crippen LogP contribution in [0.3, 0.4) is 0 Å². The first-order chi connectivity index (χ1) is 11.4. The lowest BCUT2D eigenvalue weighted by Gasteiger charge is -2.36. The second-order valence-corrected chi connectivity index (χ2v) is 7.26. The van der Waals surface area contributed by atoms with Crippen LogP contribution >= 0.6 is 0 Å². The summed E-state index contributed by atoms with van der Waals surface area (Å²) < 4.78 is 55.1. The number of ether oxygens (including phenoxy) is 1. The van der Waals surface area contributed by atoms with Gasteiger partial charge in [-0.25, -0.2) is 4.39 Å². The van der Waals surface area contributed by atoms with Crippen molar-refractivity contribution < 1.29 is 22.3 Å². The molecule has 0 N–H and O–H groups in total. The molecule has 24 heavy (non-hydrogen) atoms. The van der Waals surface area contributed by atoms with Crippen molar-refractivity contribution in [2.24, 2.45) is 17.8 Å². The molecule has 3 rings (SSSR count). The van der Waals surface area contributed by atoms with Crippen LogP contribution in [-0.4, -0.2) is 6.36 Å². The second-order valence-electron chi connectivity index (χ2n) is 7.26. The normalized spacial score (nSPS) is 27.6. The van der Waals surface area contributed by atoms with Gasteiger partial charge in [-0.05, 0) is 67.1 Å². The van der Waals surface area contributed by atoms with Gasteiger partial charge >= 0.3 is 6.36 Å². The van der Waals surface area contributed by atoms with Gasteiger partial charge in [0.25, 0.3) is 0 Å². The lowest BCUT2D eigenvalue weighted by Crippen LogP contribution is -2.27. The predicted molar refractivity (Wildman–Crippen MR) is 84.3 cm³/mol. The Bertz CT molecular complexity index is 573. The first kappa shape index (κ1) is 17.6. The van der Waals surface area contributed by atoms with Crippen molar-refractivity contribution in [1.29, 1.82) is 0 Å². The van der Waals surface area contributed by atoms with Crippen LogP contribution in [0.1, 0.15) is 56.6 Å². The molecular weight excluding hydrogens is 320 g/mol. The number of hydrogen-bond acceptors (Lipinski definition) is 1. The van der Waals surface area contributed by atoms with E-state index in [2.05, 4.69) is 11.7 Å². The average Bonchev–Trinajstić information content (AvgIpc) is 2.56. The van der Waals surface area contributed by atoms with Crippen molar-refractivity contribution >= 4 is 0 Å². The fourth-order valence-electron chi connectivity index (χ4n) is 4.49. The maximum Gasteiger partial charge on any atom is 0.573 e. The van der Waals surface area contributed by atoms with Crippen LogP contribution in [0.5, 0.6) is 5.75 Å². The van der Waals surface area contributed by atoms with Crippen molar-refractivity contribution in [1.82, 2.24) is 0 Å². The zero-order valence-corrected chi connectivity index (χ0v) is 14.0. The summed E-state index contributed by atoms with van der Waals surface area (Å²) in [5.74, 6) is 0.511. The third kappa shape index (κ3) is 3.86. The molecule has 0 amide bonds. The lowest BCUT2D eigenvalue weighted by atomic mass is 9.69. The van der Waals surface area contributed by atoms with Crippen molar-refractivity contribution in [2.45, 2.75) is 64.7 Å². The molecule has 1 unspecified atom stereocenters. The summed E-state index contributed by atoms with van der Waals surface area (Å²) in [6, 6.07) is 2.74. The third-order valence-electron chi connectivity index (χ3n) is 5.91. The second kappa shape index (κ2) is 6.93. The van der Waals surface area contributed by atoms with E-state index in [0.29, 0.717) is 23.8 Å². The Balaban J connectivity index is 1.69. The SMILES string of the molecule is CCC1CCC(C2CCc3c(ccc(OC(F)(F)F)c3F)C2)CC1. The summed E-state index contributed by atoms with van der Waals surface area (Å²) in [7, 11) is 0. The van der Waals surface area contributed by atoms with Gasteiger partial charge in [-0.15, -0.1) is 13.2 Å². The Morgan fingerprint density at radius 3 is 2.38 bits per heavy atom. The van der Waals surface area contributed by atoms with E-state index in [1.807, 2.05) is 0 Å². The molecule has 1 aromatic rings. The molecule has 0 spiro atoms. The number of hydrogen-bond donors (Lipinski definition) is 0. The van der Waals surface area contributed by atoms with Gasteiger partial charge in [0.15, 0.2) is 11.6 Å². The summed E-state index contributed by atoms with van der Waals surface area (Å²) in [5, 5.41) is 0. The molecule has 1 nitrogen and oxygen atoms in total. The van der Waals surface area contributed by atoms with Crippen molar-refractivity contribution in [2.75, 3.05) is 0 Å². The Morgan fingerprint density at radius 1 is 1.04 bits per heavy atom. The summed E-state index contributed by atoms with van der Waals surface area (Å²) in [6.45, 7) is 2.24. The first-order valence-electron chi connectivity index (χ1n) is 8.93. The van der Waals surface area contributed by atoms with Crippen LogP contribution in [0.25, 0.3) is 0 Å². The fraction of sp³-hybridized carbons (Fsp3) is 0.684. The van der Waals surface area contributed by atoms with E-state index in [1.165, 1.54) is 32.1 Å².